The van der Waals surface area contributed by atoms with E-state index >= 15 is 0 Å². The van der Waals surface area contributed by atoms with Crippen molar-refractivity contribution < 1.29 is 0 Å². The molecule has 0 amide bonds. The van der Waals surface area contributed by atoms with Gasteiger partial charge in [0.15, 0.2) is 0 Å². The predicted molar refractivity (Wildman–Crippen MR) is 76.6 cm³/mol. The van der Waals surface area contributed by atoms with E-state index in [0.717, 1.165) is 0 Å². The van der Waals surface area contributed by atoms with Gasteiger partial charge in [0.2, 0.25) is 0 Å². The van der Waals surface area contributed by atoms with Crippen LogP contribution >= 0.6 is 11.8 Å². The van der Waals surface area contributed by atoms with Crippen molar-refractivity contribution in [1.29, 1.82) is 0 Å². The third-order valence-corrected chi connectivity index (χ3v) is 4.65. The summed E-state index contributed by atoms with van der Waals surface area (Å²) in [5.41, 5.74) is 1.51. The van der Waals surface area contributed by atoms with Gasteiger partial charge in [-0.2, -0.15) is 0 Å². The first-order chi connectivity index (χ1) is 8.35. The van der Waals surface area contributed by atoms with Crippen LogP contribution in [0.1, 0.15) is 51.1 Å². The van der Waals surface area contributed by atoms with E-state index in [1.807, 2.05) is 11.8 Å². The third kappa shape index (κ3) is 3.26. The number of fused-ring (bicyclic) bond motifs is 1. The molecule has 1 N–H and O–H groups in total. The summed E-state index contributed by atoms with van der Waals surface area (Å²) in [6, 6.07) is 10.1. The Balaban J connectivity index is 2.07. The van der Waals surface area contributed by atoms with E-state index in [2.05, 4.69) is 43.4 Å². The van der Waals surface area contributed by atoms with Gasteiger partial charge in [-0.3, -0.25) is 0 Å². The van der Waals surface area contributed by atoms with Gasteiger partial charge in [-0.05, 0) is 36.6 Å². The van der Waals surface area contributed by atoms with Crippen molar-refractivity contribution in [1.82, 2.24) is 5.32 Å². The van der Waals surface area contributed by atoms with Crippen LogP contribution in [0.2, 0.25) is 0 Å². The van der Waals surface area contributed by atoms with Crippen molar-refractivity contribution in [2.24, 2.45) is 0 Å². The van der Waals surface area contributed by atoms with Gasteiger partial charge in [0.25, 0.3) is 0 Å². The van der Waals surface area contributed by atoms with E-state index in [1.165, 1.54) is 41.9 Å². The minimum atomic E-state index is 0.573. The summed E-state index contributed by atoms with van der Waals surface area (Å²) in [5, 5.41) is 3.85. The van der Waals surface area contributed by atoms with Crippen molar-refractivity contribution in [3.63, 3.8) is 0 Å². The molecule has 2 heteroatoms. The smallest absolute Gasteiger partial charge is 0.0341 e. The summed E-state index contributed by atoms with van der Waals surface area (Å²) in [7, 11) is 0. The van der Waals surface area contributed by atoms with Gasteiger partial charge in [-0.1, -0.05) is 38.5 Å². The van der Waals surface area contributed by atoms with Crippen LogP contribution in [0.4, 0.5) is 0 Å². The highest BCUT2D eigenvalue weighted by molar-refractivity contribution is 7.99. The lowest BCUT2D eigenvalue weighted by molar-refractivity contribution is 0.390. The lowest BCUT2D eigenvalue weighted by Crippen LogP contribution is -2.34. The Morgan fingerprint density at radius 1 is 1.35 bits per heavy atom. The van der Waals surface area contributed by atoms with Gasteiger partial charge in [0.1, 0.15) is 0 Å². The van der Waals surface area contributed by atoms with Crippen LogP contribution in [0.15, 0.2) is 29.2 Å². The molecule has 1 aliphatic heterocycles. The Morgan fingerprint density at radius 2 is 2.18 bits per heavy atom. The lowest BCUT2D eigenvalue weighted by Gasteiger charge is -2.29. The lowest BCUT2D eigenvalue weighted by atomic mass is 10.0. The molecule has 0 saturated carbocycles. The molecule has 2 atom stereocenters. The average molecular weight is 249 g/mol. The van der Waals surface area contributed by atoms with E-state index in [9.17, 15) is 0 Å². The number of benzene rings is 1. The Morgan fingerprint density at radius 3 is 2.94 bits per heavy atom. The normalized spacial score (nSPS) is 20.9. The first kappa shape index (κ1) is 13.0. The molecule has 0 aliphatic carbocycles. The highest BCUT2D eigenvalue weighted by Gasteiger charge is 2.21. The highest BCUT2D eigenvalue weighted by Crippen LogP contribution is 2.36. The molecular weight excluding hydrogens is 226 g/mol. The van der Waals surface area contributed by atoms with Gasteiger partial charge in [-0.15, -0.1) is 11.8 Å². The van der Waals surface area contributed by atoms with Crippen LogP contribution in [0.5, 0.6) is 0 Å². The second-order valence-electron chi connectivity index (χ2n) is 4.79. The topological polar surface area (TPSA) is 12.0 Å². The summed E-state index contributed by atoms with van der Waals surface area (Å²) < 4.78 is 0. The molecule has 0 saturated heterocycles. The molecule has 1 nitrogen and oxygen atoms in total. The van der Waals surface area contributed by atoms with Gasteiger partial charge >= 0.3 is 0 Å². The van der Waals surface area contributed by atoms with Gasteiger partial charge < -0.3 is 5.32 Å². The molecule has 1 aliphatic rings. The van der Waals surface area contributed by atoms with E-state index in [-0.39, 0.29) is 0 Å². The van der Waals surface area contributed by atoms with Gasteiger partial charge in [0.05, 0.1) is 0 Å². The maximum atomic E-state index is 3.85. The van der Waals surface area contributed by atoms with Crippen molar-refractivity contribution in [3.05, 3.63) is 29.8 Å². The monoisotopic (exact) mass is 249 g/mol. The standard InChI is InChI=1S/C15H23NS/c1-3-7-12(4-2)16-14-10-11-17-15-9-6-5-8-13(14)15/h5-6,8-9,12,14,16H,3-4,7,10-11H2,1-2H3. The van der Waals surface area contributed by atoms with E-state index < -0.39 is 0 Å². The zero-order chi connectivity index (χ0) is 12.1. The quantitative estimate of drug-likeness (QED) is 0.830. The number of rotatable bonds is 5. The Bertz CT molecular complexity index is 351. The zero-order valence-electron chi connectivity index (χ0n) is 10.9. The van der Waals surface area contributed by atoms with Crippen molar-refractivity contribution in [2.75, 3.05) is 5.75 Å². The highest BCUT2D eigenvalue weighted by atomic mass is 32.2. The number of hydrogen-bond donors (Lipinski definition) is 1. The maximum Gasteiger partial charge on any atom is 0.0341 e. The zero-order valence-corrected chi connectivity index (χ0v) is 11.7. The second-order valence-corrected chi connectivity index (χ2v) is 5.92. The molecular formula is C15H23NS. The molecule has 0 radical (unpaired) electrons. The van der Waals surface area contributed by atoms with E-state index in [1.54, 1.807) is 0 Å². The molecule has 0 bridgehead atoms. The fraction of sp³-hybridized carbons (Fsp3) is 0.600. The molecule has 1 aromatic rings. The van der Waals surface area contributed by atoms with E-state index in [0.29, 0.717) is 12.1 Å². The number of thioether (sulfide) groups is 1. The van der Waals surface area contributed by atoms with Crippen LogP contribution in [0.25, 0.3) is 0 Å². The summed E-state index contributed by atoms with van der Waals surface area (Å²) in [4.78, 5) is 1.47. The van der Waals surface area contributed by atoms with Crippen molar-refractivity contribution in [2.45, 2.75) is 56.5 Å². The molecule has 2 unspecified atom stereocenters. The SMILES string of the molecule is CCCC(CC)NC1CCSc2ccccc21. The third-order valence-electron chi connectivity index (χ3n) is 3.53. The predicted octanol–water partition coefficient (Wildman–Crippen LogP) is 4.39. The Kier molecular flexibility index (Phi) is 4.93. The number of hydrogen-bond acceptors (Lipinski definition) is 2. The summed E-state index contributed by atoms with van der Waals surface area (Å²) in [5.74, 6) is 1.25. The van der Waals surface area contributed by atoms with Gasteiger partial charge in [-0.25, -0.2) is 0 Å². The molecule has 17 heavy (non-hydrogen) atoms. The van der Waals surface area contributed by atoms with Crippen LogP contribution in [0, 0.1) is 0 Å². The summed E-state index contributed by atoms with van der Waals surface area (Å²) >= 11 is 2.00. The largest absolute Gasteiger partial charge is 0.307 e. The van der Waals surface area contributed by atoms with Crippen LogP contribution < -0.4 is 5.32 Å². The van der Waals surface area contributed by atoms with E-state index in [4.69, 9.17) is 0 Å². The Labute approximate surface area is 109 Å². The van der Waals surface area contributed by atoms with Crippen molar-refractivity contribution >= 4 is 11.8 Å². The molecule has 1 heterocycles. The second kappa shape index (κ2) is 6.46. The van der Waals surface area contributed by atoms with Crippen LogP contribution in [-0.4, -0.2) is 11.8 Å². The summed E-state index contributed by atoms with van der Waals surface area (Å²) in [6.07, 6.45) is 5.07. The van der Waals surface area contributed by atoms with Crippen molar-refractivity contribution in [3.8, 4) is 0 Å². The molecule has 0 fully saturated rings. The molecule has 94 valence electrons. The van der Waals surface area contributed by atoms with Gasteiger partial charge in [0, 0.05) is 17.0 Å². The molecule has 0 aromatic heterocycles. The molecule has 0 spiro atoms. The average Bonchev–Trinajstić information content (AvgIpc) is 2.38. The maximum absolute atomic E-state index is 3.85. The molecule has 1 aromatic carbocycles. The Hall–Kier alpha value is -0.470. The van der Waals surface area contributed by atoms with Crippen LogP contribution in [-0.2, 0) is 0 Å². The minimum Gasteiger partial charge on any atom is -0.307 e. The fourth-order valence-corrected chi connectivity index (χ4v) is 3.68. The fourth-order valence-electron chi connectivity index (χ4n) is 2.55. The first-order valence-corrected chi connectivity index (χ1v) is 7.81. The summed E-state index contributed by atoms with van der Waals surface area (Å²) in [6.45, 7) is 4.56. The molecule has 2 rings (SSSR count). The number of nitrogens with one attached hydrogen (secondary N) is 1. The first-order valence-electron chi connectivity index (χ1n) is 6.83. The van der Waals surface area contributed by atoms with Crippen LogP contribution in [0.3, 0.4) is 0 Å². The minimum absolute atomic E-state index is 0.573.